The van der Waals surface area contributed by atoms with Crippen LogP contribution < -0.4 is 0 Å². The molecule has 0 aromatic heterocycles. The van der Waals surface area contributed by atoms with Crippen molar-refractivity contribution in [2.75, 3.05) is 0 Å². The van der Waals surface area contributed by atoms with Crippen molar-refractivity contribution in [2.24, 2.45) is 0 Å². The summed E-state index contributed by atoms with van der Waals surface area (Å²) in [6.45, 7) is 4.49. The van der Waals surface area contributed by atoms with E-state index >= 15 is 0 Å². The molecule has 3 aromatic rings. The van der Waals surface area contributed by atoms with Gasteiger partial charge in [0, 0.05) is 17.4 Å². The van der Waals surface area contributed by atoms with Crippen molar-refractivity contribution < 1.29 is 5.11 Å². The summed E-state index contributed by atoms with van der Waals surface area (Å²) in [6.07, 6.45) is 6.82. The van der Waals surface area contributed by atoms with Gasteiger partial charge in [-0.3, -0.25) is 0 Å². The highest BCUT2D eigenvalue weighted by molar-refractivity contribution is 5.50. The molecule has 0 aliphatic carbocycles. The molecule has 0 bridgehead atoms. The van der Waals surface area contributed by atoms with E-state index in [2.05, 4.69) is 80.6 Å². The van der Waals surface area contributed by atoms with Gasteiger partial charge in [0.2, 0.25) is 0 Å². The highest BCUT2D eigenvalue weighted by Crippen LogP contribution is 2.43. The molecule has 1 heteroatoms. The minimum absolute atomic E-state index is 0.222. The smallest absolute Gasteiger partial charge is 0.119 e. The molecule has 1 N–H and O–H groups in total. The second-order valence-corrected chi connectivity index (χ2v) is 7.99. The molecular formula is C28H34O. The molecule has 2 unspecified atom stereocenters. The third kappa shape index (κ3) is 5.29. The van der Waals surface area contributed by atoms with E-state index in [0.717, 1.165) is 31.2 Å². The minimum atomic E-state index is 0.222. The zero-order valence-electron chi connectivity index (χ0n) is 17.9. The number of unbranched alkanes of at least 4 members (excludes halogenated alkanes) is 2. The molecule has 152 valence electrons. The Morgan fingerprint density at radius 1 is 0.621 bits per heavy atom. The number of aromatic hydroxyl groups is 1. The van der Waals surface area contributed by atoms with E-state index in [-0.39, 0.29) is 5.92 Å². The minimum Gasteiger partial charge on any atom is -0.508 e. The molecular weight excluding hydrogens is 352 g/mol. The number of hydrogen-bond donors (Lipinski definition) is 1. The lowest BCUT2D eigenvalue weighted by Crippen LogP contribution is -2.10. The lowest BCUT2D eigenvalue weighted by Gasteiger charge is -2.27. The lowest BCUT2D eigenvalue weighted by atomic mass is 9.77. The van der Waals surface area contributed by atoms with Crippen molar-refractivity contribution in [1.82, 2.24) is 0 Å². The predicted molar refractivity (Wildman–Crippen MR) is 124 cm³/mol. The second kappa shape index (κ2) is 10.9. The number of benzene rings is 3. The molecule has 0 saturated carbocycles. The van der Waals surface area contributed by atoms with Gasteiger partial charge in [-0.25, -0.2) is 0 Å². The van der Waals surface area contributed by atoms with E-state index in [0.29, 0.717) is 11.7 Å². The fourth-order valence-electron chi connectivity index (χ4n) is 4.42. The van der Waals surface area contributed by atoms with Gasteiger partial charge in [0.25, 0.3) is 0 Å². The van der Waals surface area contributed by atoms with Crippen LogP contribution in [-0.4, -0.2) is 5.11 Å². The van der Waals surface area contributed by atoms with Gasteiger partial charge < -0.3 is 5.11 Å². The zero-order valence-corrected chi connectivity index (χ0v) is 17.9. The molecule has 0 saturated heterocycles. The maximum absolute atomic E-state index is 11.0. The molecule has 0 aliphatic rings. The molecule has 0 aliphatic heterocycles. The van der Waals surface area contributed by atoms with Crippen LogP contribution in [0.15, 0.2) is 78.9 Å². The zero-order chi connectivity index (χ0) is 20.5. The topological polar surface area (TPSA) is 20.2 Å². The van der Waals surface area contributed by atoms with Crippen LogP contribution in [0.2, 0.25) is 0 Å². The summed E-state index contributed by atoms with van der Waals surface area (Å²) in [7, 11) is 0. The highest BCUT2D eigenvalue weighted by Gasteiger charge is 2.25. The van der Waals surface area contributed by atoms with E-state index in [1.54, 1.807) is 0 Å². The van der Waals surface area contributed by atoms with Crippen molar-refractivity contribution >= 4 is 0 Å². The Morgan fingerprint density at radius 3 is 1.69 bits per heavy atom. The first-order chi connectivity index (χ1) is 14.3. The van der Waals surface area contributed by atoms with Gasteiger partial charge in [-0.1, -0.05) is 112 Å². The predicted octanol–water partition coefficient (Wildman–Crippen LogP) is 8.04. The van der Waals surface area contributed by atoms with E-state index in [4.69, 9.17) is 0 Å². The highest BCUT2D eigenvalue weighted by atomic mass is 16.3. The Balaban J connectivity index is 2.12. The van der Waals surface area contributed by atoms with Crippen LogP contribution in [0.1, 0.15) is 86.5 Å². The summed E-state index contributed by atoms with van der Waals surface area (Å²) in [4.78, 5) is 0. The monoisotopic (exact) mass is 386 g/mol. The lowest BCUT2D eigenvalue weighted by molar-refractivity contribution is 0.458. The van der Waals surface area contributed by atoms with Gasteiger partial charge in [-0.05, 0) is 35.6 Å². The Kier molecular flexibility index (Phi) is 7.93. The van der Waals surface area contributed by atoms with Crippen LogP contribution in [0.5, 0.6) is 5.75 Å². The summed E-state index contributed by atoms with van der Waals surface area (Å²) >= 11 is 0. The second-order valence-electron chi connectivity index (χ2n) is 7.99. The van der Waals surface area contributed by atoms with Gasteiger partial charge >= 0.3 is 0 Å². The molecule has 29 heavy (non-hydrogen) atoms. The average molecular weight is 387 g/mol. The fraction of sp³-hybridized carbons (Fsp3) is 0.357. The Bertz CT molecular complexity index is 854. The number of rotatable bonds is 10. The van der Waals surface area contributed by atoms with Gasteiger partial charge in [0.05, 0.1) is 0 Å². The van der Waals surface area contributed by atoms with Gasteiger partial charge in [0.1, 0.15) is 5.75 Å². The molecule has 0 spiro atoms. The largest absolute Gasteiger partial charge is 0.508 e. The van der Waals surface area contributed by atoms with Crippen LogP contribution >= 0.6 is 0 Å². The van der Waals surface area contributed by atoms with Gasteiger partial charge in [-0.2, -0.15) is 0 Å². The molecule has 2 atom stereocenters. The summed E-state index contributed by atoms with van der Waals surface area (Å²) in [5.41, 5.74) is 5.05. The number of phenols is 1. The maximum Gasteiger partial charge on any atom is 0.119 e. The molecule has 3 aromatic carbocycles. The SMILES string of the molecule is CCCCC(c1ccccc1)c1cccc(O)c1C(CCCC)c1ccccc1. The first-order valence-corrected chi connectivity index (χ1v) is 11.2. The van der Waals surface area contributed by atoms with Crippen molar-refractivity contribution in [2.45, 2.75) is 64.2 Å². The molecule has 1 nitrogen and oxygen atoms in total. The van der Waals surface area contributed by atoms with Crippen LogP contribution in [0, 0.1) is 0 Å². The van der Waals surface area contributed by atoms with Crippen molar-refractivity contribution in [1.29, 1.82) is 0 Å². The van der Waals surface area contributed by atoms with Crippen LogP contribution in [0.3, 0.4) is 0 Å². The number of hydrogen-bond acceptors (Lipinski definition) is 1. The Labute approximate surface area is 176 Å². The van der Waals surface area contributed by atoms with Crippen LogP contribution in [-0.2, 0) is 0 Å². The maximum atomic E-state index is 11.0. The Morgan fingerprint density at radius 2 is 1.14 bits per heavy atom. The van der Waals surface area contributed by atoms with Gasteiger partial charge in [-0.15, -0.1) is 0 Å². The third-order valence-corrected chi connectivity index (χ3v) is 5.94. The van der Waals surface area contributed by atoms with E-state index in [1.165, 1.54) is 29.5 Å². The molecule has 3 rings (SSSR count). The van der Waals surface area contributed by atoms with Crippen molar-refractivity contribution in [3.05, 3.63) is 101 Å². The van der Waals surface area contributed by atoms with Gasteiger partial charge in [0.15, 0.2) is 0 Å². The summed E-state index contributed by atoms with van der Waals surface area (Å²) in [6, 6.07) is 27.6. The summed E-state index contributed by atoms with van der Waals surface area (Å²) < 4.78 is 0. The fourth-order valence-corrected chi connectivity index (χ4v) is 4.42. The quantitative estimate of drug-likeness (QED) is 0.374. The van der Waals surface area contributed by atoms with E-state index < -0.39 is 0 Å². The molecule has 0 fully saturated rings. The first kappa shape index (κ1) is 21.2. The van der Waals surface area contributed by atoms with Crippen molar-refractivity contribution in [3.63, 3.8) is 0 Å². The summed E-state index contributed by atoms with van der Waals surface area (Å²) in [5.74, 6) is 0.969. The van der Waals surface area contributed by atoms with E-state index in [1.807, 2.05) is 12.1 Å². The number of phenolic OH excluding ortho intramolecular Hbond substituents is 1. The van der Waals surface area contributed by atoms with E-state index in [9.17, 15) is 5.11 Å². The van der Waals surface area contributed by atoms with Crippen molar-refractivity contribution in [3.8, 4) is 5.75 Å². The molecule has 0 heterocycles. The standard InChI is InChI=1S/C28H34O/c1-3-5-18-24(22-14-9-7-10-15-22)26-20-13-21-27(29)28(26)25(19-6-4-2)23-16-11-8-12-17-23/h7-17,20-21,24-25,29H,3-6,18-19H2,1-2H3. The summed E-state index contributed by atoms with van der Waals surface area (Å²) in [5, 5.41) is 11.0. The first-order valence-electron chi connectivity index (χ1n) is 11.2. The molecule has 0 radical (unpaired) electrons. The molecule has 0 amide bonds. The Hall–Kier alpha value is -2.54. The normalized spacial score (nSPS) is 13.2. The average Bonchev–Trinajstić information content (AvgIpc) is 2.77. The third-order valence-electron chi connectivity index (χ3n) is 5.94. The van der Waals surface area contributed by atoms with Crippen LogP contribution in [0.4, 0.5) is 0 Å². The van der Waals surface area contributed by atoms with Crippen LogP contribution in [0.25, 0.3) is 0 Å².